The molecule has 1 heterocycles. The molecule has 5 rings (SSSR count). The van der Waals surface area contributed by atoms with E-state index < -0.39 is 6.29 Å². The molecule has 3 nitrogen and oxygen atoms in total. The van der Waals surface area contributed by atoms with Crippen LogP contribution in [0.5, 0.6) is 0 Å². The van der Waals surface area contributed by atoms with Crippen molar-refractivity contribution in [1.29, 1.82) is 0 Å². The van der Waals surface area contributed by atoms with E-state index in [1.165, 1.54) is 44.1 Å². The largest absolute Gasteiger partial charge is 0.432 e. The molecule has 2 bridgehead atoms. The van der Waals surface area contributed by atoms with Crippen LogP contribution in [0.15, 0.2) is 23.8 Å². The van der Waals surface area contributed by atoms with Gasteiger partial charge in [0.05, 0.1) is 6.10 Å². The molecule has 0 unspecified atom stereocenters. The maximum atomic E-state index is 12.8. The maximum Gasteiger partial charge on any atom is 0.336 e. The summed E-state index contributed by atoms with van der Waals surface area (Å²) in [6.07, 6.45) is 13.4. The number of hydrogen-bond acceptors (Lipinski definition) is 3. The van der Waals surface area contributed by atoms with Crippen molar-refractivity contribution < 1.29 is 14.3 Å². The average molecular weight is 455 g/mol. The van der Waals surface area contributed by atoms with Gasteiger partial charge in [0, 0.05) is 12.0 Å². The van der Waals surface area contributed by atoms with E-state index in [0.29, 0.717) is 23.2 Å². The monoisotopic (exact) mass is 454 g/mol. The summed E-state index contributed by atoms with van der Waals surface area (Å²) in [5, 5.41) is 0. The third kappa shape index (κ3) is 3.50. The normalized spacial score (nSPS) is 47.1. The van der Waals surface area contributed by atoms with Gasteiger partial charge < -0.3 is 9.47 Å². The second kappa shape index (κ2) is 7.70. The molecule has 0 amide bonds. The smallest absolute Gasteiger partial charge is 0.336 e. The highest BCUT2D eigenvalue weighted by molar-refractivity contribution is 5.90. The summed E-state index contributed by atoms with van der Waals surface area (Å²) in [6, 6.07) is 0. The fourth-order valence-corrected chi connectivity index (χ4v) is 9.23. The van der Waals surface area contributed by atoms with Crippen molar-refractivity contribution in [2.75, 3.05) is 0 Å². The molecule has 0 spiro atoms. The fourth-order valence-electron chi connectivity index (χ4n) is 9.23. The maximum absolute atomic E-state index is 12.8. The van der Waals surface area contributed by atoms with Gasteiger partial charge in [0.15, 0.2) is 0 Å². The van der Waals surface area contributed by atoms with Crippen molar-refractivity contribution in [1.82, 2.24) is 0 Å². The molecule has 4 saturated carbocycles. The van der Waals surface area contributed by atoms with Crippen LogP contribution in [0.25, 0.3) is 0 Å². The summed E-state index contributed by atoms with van der Waals surface area (Å²) < 4.78 is 12.2. The van der Waals surface area contributed by atoms with Crippen LogP contribution in [-0.2, 0) is 14.3 Å². The van der Waals surface area contributed by atoms with Gasteiger partial charge >= 0.3 is 5.97 Å². The van der Waals surface area contributed by atoms with Crippen molar-refractivity contribution in [3.05, 3.63) is 23.8 Å². The summed E-state index contributed by atoms with van der Waals surface area (Å²) in [7, 11) is 0. The minimum atomic E-state index is -0.410. The first-order valence-electron chi connectivity index (χ1n) is 13.6. The van der Waals surface area contributed by atoms with Crippen molar-refractivity contribution in [3.8, 4) is 0 Å². The lowest BCUT2D eigenvalue weighted by molar-refractivity contribution is -0.188. The number of cyclic esters (lactones) is 1. The van der Waals surface area contributed by atoms with Crippen LogP contribution in [-0.4, -0.2) is 18.4 Å². The zero-order chi connectivity index (χ0) is 23.8. The van der Waals surface area contributed by atoms with Crippen LogP contribution in [0, 0.1) is 39.4 Å². The highest BCUT2D eigenvalue weighted by Gasteiger charge is 2.62. The predicted octanol–water partition coefficient (Wildman–Crippen LogP) is 7.61. The molecule has 33 heavy (non-hydrogen) atoms. The quantitative estimate of drug-likeness (QED) is 0.249. The molecule has 5 aliphatic rings. The summed E-state index contributed by atoms with van der Waals surface area (Å²) in [5.41, 5.74) is 3.39. The Hall–Kier alpha value is -1.09. The van der Waals surface area contributed by atoms with Gasteiger partial charge in [-0.1, -0.05) is 66.2 Å². The van der Waals surface area contributed by atoms with E-state index in [-0.39, 0.29) is 22.9 Å². The van der Waals surface area contributed by atoms with E-state index in [1.54, 1.807) is 0 Å². The Morgan fingerprint density at radius 3 is 2.52 bits per heavy atom. The van der Waals surface area contributed by atoms with Crippen LogP contribution < -0.4 is 0 Å². The second-order valence-electron chi connectivity index (χ2n) is 13.9. The Bertz CT molecular complexity index is 866. The summed E-state index contributed by atoms with van der Waals surface area (Å²) >= 11 is 0. The molecule has 1 saturated heterocycles. The molecule has 0 N–H and O–H groups in total. The summed E-state index contributed by atoms with van der Waals surface area (Å²) in [4.78, 5) is 12.8. The molecule has 0 aromatic carbocycles. The number of ether oxygens (including phenoxy) is 2. The highest BCUT2D eigenvalue weighted by Crippen LogP contribution is 2.66. The van der Waals surface area contributed by atoms with Gasteiger partial charge in [-0.3, -0.25) is 0 Å². The zero-order valence-corrected chi connectivity index (χ0v) is 22.0. The van der Waals surface area contributed by atoms with Crippen molar-refractivity contribution >= 4 is 5.97 Å². The van der Waals surface area contributed by atoms with Crippen LogP contribution in [0.4, 0.5) is 0 Å². The number of allylic oxidation sites excluding steroid dienone is 2. The average Bonchev–Trinajstić information content (AvgIpc) is 3.23. The minimum Gasteiger partial charge on any atom is -0.432 e. The highest BCUT2D eigenvalue weighted by atomic mass is 16.7. The summed E-state index contributed by atoms with van der Waals surface area (Å²) in [6.45, 7) is 19.1. The number of rotatable bonds is 4. The number of hydrogen-bond donors (Lipinski definition) is 0. The van der Waals surface area contributed by atoms with E-state index in [4.69, 9.17) is 9.47 Å². The molecule has 3 heteroatoms. The molecule has 0 radical (unpaired) electrons. The third-order valence-corrected chi connectivity index (χ3v) is 11.8. The van der Waals surface area contributed by atoms with E-state index in [1.807, 2.05) is 0 Å². The van der Waals surface area contributed by atoms with Gasteiger partial charge in [-0.25, -0.2) is 4.79 Å². The Morgan fingerprint density at radius 1 is 1.09 bits per heavy atom. The van der Waals surface area contributed by atoms with Crippen LogP contribution in [0.1, 0.15) is 106 Å². The van der Waals surface area contributed by atoms with Crippen molar-refractivity contribution in [2.45, 2.75) is 118 Å². The van der Waals surface area contributed by atoms with Gasteiger partial charge in [-0.2, -0.15) is 0 Å². The molecule has 1 aliphatic heterocycles. The van der Waals surface area contributed by atoms with Gasteiger partial charge in [0.1, 0.15) is 0 Å². The Balaban J connectivity index is 1.27. The fraction of sp³-hybridized carbons (Fsp3) is 0.833. The van der Waals surface area contributed by atoms with Gasteiger partial charge in [-0.15, -0.1) is 0 Å². The van der Waals surface area contributed by atoms with Gasteiger partial charge in [0.2, 0.25) is 6.29 Å². The molecule has 5 fully saturated rings. The molecule has 7 atom stereocenters. The number of carbonyl (C=O) groups excluding carboxylic acids is 1. The molecule has 184 valence electrons. The van der Waals surface area contributed by atoms with Gasteiger partial charge in [0.25, 0.3) is 0 Å². The molecule has 0 aromatic rings. The third-order valence-electron chi connectivity index (χ3n) is 11.8. The second-order valence-corrected chi connectivity index (χ2v) is 13.9. The zero-order valence-electron chi connectivity index (χ0n) is 22.0. The van der Waals surface area contributed by atoms with E-state index >= 15 is 0 Å². The van der Waals surface area contributed by atoms with E-state index in [2.05, 4.69) is 54.2 Å². The predicted molar refractivity (Wildman–Crippen MR) is 132 cm³/mol. The topological polar surface area (TPSA) is 35.5 Å². The van der Waals surface area contributed by atoms with Crippen LogP contribution >= 0.6 is 0 Å². The number of fused-ring (bicyclic) bond motifs is 3. The van der Waals surface area contributed by atoms with Gasteiger partial charge in [-0.05, 0) is 90.8 Å². The molecular weight excluding hydrogens is 408 g/mol. The SMILES string of the molecule is C=C1CC[C@H]2C(C)(C)CCC[C@]2(C)[C@H]1CC=C1C[C@H](O[C@@H]2C[C@@H]3CC[C@@]2(C)C3(C)C)OC1=O. The molecule has 0 aromatic heterocycles. The first-order valence-corrected chi connectivity index (χ1v) is 13.6. The minimum absolute atomic E-state index is 0.167. The lowest BCUT2D eigenvalue weighted by Gasteiger charge is -2.58. The van der Waals surface area contributed by atoms with Crippen LogP contribution in [0.2, 0.25) is 0 Å². The first-order chi connectivity index (χ1) is 15.4. The standard InChI is InChI=1S/C30H46O3/c1-19-9-12-23-27(2,3)14-8-15-29(23,6)22(19)11-10-20-17-25(33-26(20)31)32-24-18-21-13-16-30(24,7)28(21,4)5/h10,21-25H,1,8-9,11-18H2,2-7H3/t21-,22-,23-,24+,25+,29+,30+/m0/s1. The number of esters is 1. The Kier molecular flexibility index (Phi) is 5.52. The summed E-state index contributed by atoms with van der Waals surface area (Å²) in [5.74, 6) is 1.76. The lowest BCUT2D eigenvalue weighted by Crippen LogP contribution is -2.49. The van der Waals surface area contributed by atoms with Crippen molar-refractivity contribution in [2.24, 2.45) is 39.4 Å². The number of carbonyl (C=O) groups is 1. The van der Waals surface area contributed by atoms with E-state index in [0.717, 1.165) is 36.7 Å². The first kappa shape index (κ1) is 23.6. The van der Waals surface area contributed by atoms with Crippen LogP contribution in [0.3, 0.4) is 0 Å². The molecule has 4 aliphatic carbocycles. The lowest BCUT2D eigenvalue weighted by atomic mass is 9.47. The molecular formula is C30H46O3. The Labute approximate surface area is 201 Å². The van der Waals surface area contributed by atoms with Crippen molar-refractivity contribution in [3.63, 3.8) is 0 Å². The Morgan fingerprint density at radius 2 is 1.85 bits per heavy atom. The van der Waals surface area contributed by atoms with E-state index in [9.17, 15) is 4.79 Å².